The van der Waals surface area contributed by atoms with Crippen LogP contribution in [-0.2, 0) is 13.0 Å². The predicted molar refractivity (Wildman–Crippen MR) is 118 cm³/mol. The van der Waals surface area contributed by atoms with Gasteiger partial charge in [0, 0.05) is 6.42 Å². The molecule has 7 nitrogen and oxygen atoms in total. The molecule has 0 saturated heterocycles. The van der Waals surface area contributed by atoms with Crippen molar-refractivity contribution in [1.82, 2.24) is 19.1 Å². The molecule has 2 heterocycles. The number of carbonyl (C=O) groups is 1. The van der Waals surface area contributed by atoms with Crippen LogP contribution < -0.4 is 0 Å². The molecule has 0 unspecified atom stereocenters. The monoisotopic (exact) mass is 433 g/mol. The quantitative estimate of drug-likeness (QED) is 0.450. The van der Waals surface area contributed by atoms with E-state index in [2.05, 4.69) is 23.0 Å². The van der Waals surface area contributed by atoms with Crippen LogP contribution in [0.5, 0.6) is 0 Å². The Morgan fingerprint density at radius 2 is 2.03 bits per heavy atom. The van der Waals surface area contributed by atoms with Crippen molar-refractivity contribution in [2.75, 3.05) is 0 Å². The predicted octanol–water partition coefficient (Wildman–Crippen LogP) is 4.84. The topological polar surface area (TPSA) is 96.7 Å². The van der Waals surface area contributed by atoms with Crippen LogP contribution in [-0.4, -0.2) is 30.2 Å². The van der Waals surface area contributed by atoms with E-state index in [1.165, 1.54) is 0 Å². The molecule has 0 bridgehead atoms. The highest BCUT2D eigenvalue weighted by molar-refractivity contribution is 6.32. The lowest BCUT2D eigenvalue weighted by Gasteiger charge is -2.11. The van der Waals surface area contributed by atoms with Crippen molar-refractivity contribution in [1.29, 1.82) is 5.26 Å². The van der Waals surface area contributed by atoms with E-state index in [1.807, 2.05) is 41.0 Å². The van der Waals surface area contributed by atoms with E-state index in [0.29, 0.717) is 17.8 Å². The van der Waals surface area contributed by atoms with Gasteiger partial charge in [-0.25, -0.2) is 14.8 Å². The fourth-order valence-corrected chi connectivity index (χ4v) is 4.01. The number of rotatable bonds is 7. The number of unbranched alkanes of at least 4 members (excludes halogenated alkanes) is 1. The largest absolute Gasteiger partial charge is 0.476 e. The molecule has 0 aliphatic carbocycles. The minimum Gasteiger partial charge on any atom is -0.476 e. The van der Waals surface area contributed by atoms with Crippen molar-refractivity contribution in [3.63, 3.8) is 0 Å². The Morgan fingerprint density at radius 1 is 1.23 bits per heavy atom. The Labute approximate surface area is 184 Å². The summed E-state index contributed by atoms with van der Waals surface area (Å²) in [6, 6.07) is 15.3. The lowest BCUT2D eigenvalue weighted by atomic mass is 10.1. The number of imidazole rings is 2. The van der Waals surface area contributed by atoms with E-state index in [-0.39, 0.29) is 17.4 Å². The Kier molecular flexibility index (Phi) is 5.74. The minimum atomic E-state index is -1.11. The molecule has 31 heavy (non-hydrogen) atoms. The molecule has 0 amide bonds. The van der Waals surface area contributed by atoms with Gasteiger partial charge in [-0.3, -0.25) is 4.57 Å². The highest BCUT2D eigenvalue weighted by Gasteiger charge is 2.22. The summed E-state index contributed by atoms with van der Waals surface area (Å²) >= 11 is 6.16. The first-order valence-electron chi connectivity index (χ1n) is 9.97. The molecule has 2 aromatic heterocycles. The SMILES string of the molecule is CCCCc1nc(Cl)c(C(=O)O)n1Cc1cccc2c1ncn2-c1ccccc1C#N. The molecule has 0 atom stereocenters. The summed E-state index contributed by atoms with van der Waals surface area (Å²) in [7, 11) is 0. The minimum absolute atomic E-state index is 0.000690. The lowest BCUT2D eigenvalue weighted by molar-refractivity contribution is 0.0685. The van der Waals surface area contributed by atoms with Gasteiger partial charge in [0.2, 0.25) is 0 Å². The standard InChI is InChI=1S/C23H20ClN5O2/c1-2-3-11-19-27-22(24)21(23(30)31)28(19)13-16-8-6-10-18-20(16)26-14-29(18)17-9-5-4-7-15(17)12-25/h4-10,14H,2-3,11,13H2,1H3,(H,30,31). The van der Waals surface area contributed by atoms with Gasteiger partial charge in [-0.15, -0.1) is 0 Å². The Balaban J connectivity index is 1.82. The molecule has 0 fully saturated rings. The van der Waals surface area contributed by atoms with Crippen molar-refractivity contribution in [2.45, 2.75) is 32.7 Å². The number of halogens is 1. The molecule has 1 N–H and O–H groups in total. The van der Waals surface area contributed by atoms with Gasteiger partial charge in [0.15, 0.2) is 10.8 Å². The molecular formula is C23H20ClN5O2. The summed E-state index contributed by atoms with van der Waals surface area (Å²) in [4.78, 5) is 20.7. The van der Waals surface area contributed by atoms with Gasteiger partial charge in [0.1, 0.15) is 18.2 Å². The van der Waals surface area contributed by atoms with Crippen molar-refractivity contribution in [2.24, 2.45) is 0 Å². The van der Waals surface area contributed by atoms with Crippen molar-refractivity contribution in [3.05, 3.63) is 76.6 Å². The fourth-order valence-electron chi connectivity index (χ4n) is 3.73. The summed E-state index contributed by atoms with van der Waals surface area (Å²) in [6.07, 6.45) is 4.17. The molecule has 8 heteroatoms. The zero-order valence-corrected chi connectivity index (χ0v) is 17.7. The Bertz CT molecular complexity index is 1320. The third-order valence-electron chi connectivity index (χ3n) is 5.23. The molecule has 4 rings (SSSR count). The Hall–Kier alpha value is -3.63. The zero-order chi connectivity index (χ0) is 22.0. The van der Waals surface area contributed by atoms with Gasteiger partial charge in [-0.2, -0.15) is 5.26 Å². The average Bonchev–Trinajstić information content (AvgIpc) is 3.33. The first-order chi connectivity index (χ1) is 15.0. The average molecular weight is 434 g/mol. The summed E-state index contributed by atoms with van der Waals surface area (Å²) in [5.74, 6) is -0.462. The van der Waals surface area contributed by atoms with Crippen LogP contribution in [0.15, 0.2) is 48.8 Å². The van der Waals surface area contributed by atoms with Crippen LogP contribution in [0.2, 0.25) is 5.15 Å². The third-order valence-corrected chi connectivity index (χ3v) is 5.50. The van der Waals surface area contributed by atoms with Crippen LogP contribution >= 0.6 is 11.6 Å². The van der Waals surface area contributed by atoms with E-state index in [1.54, 1.807) is 17.0 Å². The first-order valence-corrected chi connectivity index (χ1v) is 10.4. The number of hydrogen-bond acceptors (Lipinski definition) is 4. The summed E-state index contributed by atoms with van der Waals surface area (Å²) in [6.45, 7) is 2.36. The molecule has 4 aromatic rings. The van der Waals surface area contributed by atoms with Gasteiger partial charge in [0.25, 0.3) is 0 Å². The number of fused-ring (bicyclic) bond motifs is 1. The molecule has 156 valence electrons. The number of carboxylic acids is 1. The number of carboxylic acid groups (broad SMARTS) is 1. The molecule has 0 spiro atoms. The second-order valence-electron chi connectivity index (χ2n) is 7.19. The second kappa shape index (κ2) is 8.62. The highest BCUT2D eigenvalue weighted by atomic mass is 35.5. The van der Waals surface area contributed by atoms with Crippen molar-refractivity contribution < 1.29 is 9.90 Å². The smallest absolute Gasteiger partial charge is 0.355 e. The van der Waals surface area contributed by atoms with Crippen LogP contribution in [0.4, 0.5) is 0 Å². The van der Waals surface area contributed by atoms with E-state index >= 15 is 0 Å². The van der Waals surface area contributed by atoms with Crippen LogP contribution in [0.1, 0.15) is 47.2 Å². The fraction of sp³-hybridized carbons (Fsp3) is 0.217. The molecule has 2 aromatic carbocycles. The Morgan fingerprint density at radius 3 is 2.77 bits per heavy atom. The van der Waals surface area contributed by atoms with Gasteiger partial charge in [-0.1, -0.05) is 49.2 Å². The van der Waals surface area contributed by atoms with Crippen molar-refractivity contribution >= 4 is 28.6 Å². The summed E-state index contributed by atoms with van der Waals surface area (Å²) < 4.78 is 3.53. The maximum absolute atomic E-state index is 11.8. The van der Waals surface area contributed by atoms with Crippen LogP contribution in [0.25, 0.3) is 16.7 Å². The number of benzene rings is 2. The molecular weight excluding hydrogens is 414 g/mol. The number of para-hydroxylation sites is 2. The zero-order valence-electron chi connectivity index (χ0n) is 16.9. The summed E-state index contributed by atoms with van der Waals surface area (Å²) in [5, 5.41) is 19.2. The number of nitrogens with zero attached hydrogens (tertiary/aromatic N) is 5. The number of nitriles is 1. The molecule has 0 aliphatic rings. The second-order valence-corrected chi connectivity index (χ2v) is 7.55. The van der Waals surface area contributed by atoms with Crippen LogP contribution in [0.3, 0.4) is 0 Å². The number of aromatic nitrogens is 4. The molecule has 0 aliphatic heterocycles. The van der Waals surface area contributed by atoms with Crippen LogP contribution in [0, 0.1) is 11.3 Å². The van der Waals surface area contributed by atoms with E-state index in [0.717, 1.165) is 35.1 Å². The van der Waals surface area contributed by atoms with E-state index in [9.17, 15) is 15.2 Å². The maximum Gasteiger partial charge on any atom is 0.355 e. The summed E-state index contributed by atoms with van der Waals surface area (Å²) in [5.41, 5.74) is 3.68. The third kappa shape index (κ3) is 3.78. The lowest BCUT2D eigenvalue weighted by Crippen LogP contribution is -2.13. The normalized spacial score (nSPS) is 11.0. The molecule has 0 radical (unpaired) electrons. The first kappa shape index (κ1) is 20.6. The van der Waals surface area contributed by atoms with E-state index in [4.69, 9.17) is 11.6 Å². The van der Waals surface area contributed by atoms with E-state index < -0.39 is 5.97 Å². The van der Waals surface area contributed by atoms with Gasteiger partial charge in [-0.05, 0) is 30.2 Å². The molecule has 0 saturated carbocycles. The van der Waals surface area contributed by atoms with Gasteiger partial charge >= 0.3 is 5.97 Å². The van der Waals surface area contributed by atoms with Gasteiger partial charge in [0.05, 0.1) is 28.8 Å². The number of hydrogen-bond donors (Lipinski definition) is 1. The maximum atomic E-state index is 11.8. The highest BCUT2D eigenvalue weighted by Crippen LogP contribution is 2.26. The van der Waals surface area contributed by atoms with Crippen molar-refractivity contribution in [3.8, 4) is 11.8 Å². The van der Waals surface area contributed by atoms with Gasteiger partial charge < -0.3 is 9.67 Å². The number of aryl methyl sites for hydroxylation is 1. The number of aromatic carboxylic acids is 1.